The number of hydrogen-bond acceptors (Lipinski definition) is 3. The molecular formula is C13H19NO2S. The van der Waals surface area contributed by atoms with Gasteiger partial charge in [-0.2, -0.15) is 0 Å². The van der Waals surface area contributed by atoms with E-state index in [0.29, 0.717) is 0 Å². The standard InChI is InChI=1S/C13H19NO2S/c1-9-6-4-5-7-10(9)8-17-13(2,3)11(14)12(15)16/h4-7,11H,8,14H2,1-3H3,(H,15,16)/t11-/m1/s1. The summed E-state index contributed by atoms with van der Waals surface area (Å²) >= 11 is 1.58. The quantitative estimate of drug-likeness (QED) is 0.846. The Morgan fingerprint density at radius 3 is 2.59 bits per heavy atom. The summed E-state index contributed by atoms with van der Waals surface area (Å²) in [6, 6.07) is 7.26. The summed E-state index contributed by atoms with van der Waals surface area (Å²) in [5.74, 6) is -0.173. The number of carboxylic acid groups (broad SMARTS) is 1. The number of rotatable bonds is 5. The predicted molar refractivity (Wildman–Crippen MR) is 72.2 cm³/mol. The highest BCUT2D eigenvalue weighted by Crippen LogP contribution is 2.31. The van der Waals surface area contributed by atoms with E-state index in [2.05, 4.69) is 19.1 Å². The molecule has 1 aromatic rings. The Labute approximate surface area is 106 Å². The predicted octanol–water partition coefficient (Wildman–Crippen LogP) is 2.42. The topological polar surface area (TPSA) is 63.3 Å². The molecule has 3 nitrogen and oxygen atoms in total. The van der Waals surface area contributed by atoms with E-state index in [9.17, 15) is 4.79 Å². The van der Waals surface area contributed by atoms with Crippen molar-refractivity contribution >= 4 is 17.7 Å². The zero-order valence-electron chi connectivity index (χ0n) is 10.4. The van der Waals surface area contributed by atoms with E-state index in [-0.39, 0.29) is 0 Å². The van der Waals surface area contributed by atoms with Gasteiger partial charge in [0, 0.05) is 10.5 Å². The van der Waals surface area contributed by atoms with E-state index in [0.717, 1.165) is 5.75 Å². The number of aliphatic carboxylic acids is 1. The summed E-state index contributed by atoms with van der Waals surface area (Å²) in [6.45, 7) is 5.80. The molecule has 1 aromatic carbocycles. The van der Waals surface area contributed by atoms with Gasteiger partial charge in [-0.1, -0.05) is 24.3 Å². The van der Waals surface area contributed by atoms with Crippen molar-refractivity contribution in [3.05, 3.63) is 35.4 Å². The van der Waals surface area contributed by atoms with E-state index >= 15 is 0 Å². The van der Waals surface area contributed by atoms with Gasteiger partial charge in [-0.15, -0.1) is 11.8 Å². The highest BCUT2D eigenvalue weighted by Gasteiger charge is 2.32. The number of thioether (sulfide) groups is 1. The molecule has 0 spiro atoms. The number of carboxylic acids is 1. The molecule has 94 valence electrons. The molecule has 0 amide bonds. The van der Waals surface area contributed by atoms with Gasteiger partial charge < -0.3 is 10.8 Å². The molecule has 0 radical (unpaired) electrons. The van der Waals surface area contributed by atoms with Gasteiger partial charge in [-0.3, -0.25) is 4.79 Å². The first-order valence-electron chi connectivity index (χ1n) is 5.51. The van der Waals surface area contributed by atoms with Crippen LogP contribution in [0.25, 0.3) is 0 Å². The van der Waals surface area contributed by atoms with Crippen LogP contribution in [-0.4, -0.2) is 21.9 Å². The molecular weight excluding hydrogens is 234 g/mol. The number of hydrogen-bond donors (Lipinski definition) is 2. The van der Waals surface area contributed by atoms with E-state index < -0.39 is 16.8 Å². The second-order valence-electron chi connectivity index (χ2n) is 4.63. The van der Waals surface area contributed by atoms with Gasteiger partial charge in [-0.05, 0) is 31.9 Å². The molecule has 0 aliphatic rings. The lowest BCUT2D eigenvalue weighted by molar-refractivity contribution is -0.139. The van der Waals surface area contributed by atoms with Crippen molar-refractivity contribution in [3.8, 4) is 0 Å². The molecule has 0 aliphatic heterocycles. The van der Waals surface area contributed by atoms with Crippen LogP contribution in [0.3, 0.4) is 0 Å². The Balaban J connectivity index is 2.67. The molecule has 0 fully saturated rings. The molecule has 0 aromatic heterocycles. The Hall–Kier alpha value is -1.00. The van der Waals surface area contributed by atoms with Crippen LogP contribution < -0.4 is 5.73 Å². The van der Waals surface area contributed by atoms with Crippen molar-refractivity contribution in [2.24, 2.45) is 5.73 Å². The average molecular weight is 253 g/mol. The SMILES string of the molecule is Cc1ccccc1CSC(C)(C)[C@H](N)C(=O)O. The number of carbonyl (C=O) groups is 1. The first kappa shape index (κ1) is 14.1. The fourth-order valence-corrected chi connectivity index (χ4v) is 2.55. The first-order chi connectivity index (χ1) is 7.84. The zero-order valence-corrected chi connectivity index (χ0v) is 11.3. The molecule has 1 atom stereocenters. The normalized spacial score (nSPS) is 13.4. The van der Waals surface area contributed by atoms with Crippen LogP contribution in [-0.2, 0) is 10.5 Å². The van der Waals surface area contributed by atoms with E-state index in [4.69, 9.17) is 10.8 Å². The number of aryl methyl sites for hydroxylation is 1. The summed E-state index contributed by atoms with van der Waals surface area (Å²) in [6.07, 6.45) is 0. The minimum atomic E-state index is -0.952. The maximum absolute atomic E-state index is 10.9. The molecule has 4 heteroatoms. The third kappa shape index (κ3) is 3.75. The average Bonchev–Trinajstić information content (AvgIpc) is 2.27. The van der Waals surface area contributed by atoms with Crippen molar-refractivity contribution in [2.45, 2.75) is 37.3 Å². The smallest absolute Gasteiger partial charge is 0.321 e. The van der Waals surface area contributed by atoms with Gasteiger partial charge in [-0.25, -0.2) is 0 Å². The van der Waals surface area contributed by atoms with Gasteiger partial charge in [0.1, 0.15) is 6.04 Å². The van der Waals surface area contributed by atoms with Crippen molar-refractivity contribution in [2.75, 3.05) is 0 Å². The van der Waals surface area contributed by atoms with Crippen molar-refractivity contribution < 1.29 is 9.90 Å². The summed E-state index contributed by atoms with van der Waals surface area (Å²) in [4.78, 5) is 10.9. The second kappa shape index (κ2) is 5.56. The molecule has 0 aliphatic carbocycles. The van der Waals surface area contributed by atoms with Crippen LogP contribution in [0.5, 0.6) is 0 Å². The van der Waals surface area contributed by atoms with Crippen LogP contribution >= 0.6 is 11.8 Å². The fraction of sp³-hybridized carbons (Fsp3) is 0.462. The van der Waals surface area contributed by atoms with Crippen LogP contribution in [0, 0.1) is 6.92 Å². The van der Waals surface area contributed by atoms with E-state index in [1.54, 1.807) is 11.8 Å². The Morgan fingerprint density at radius 2 is 2.06 bits per heavy atom. The van der Waals surface area contributed by atoms with Gasteiger partial charge in [0.25, 0.3) is 0 Å². The zero-order chi connectivity index (χ0) is 13.1. The highest BCUT2D eigenvalue weighted by atomic mass is 32.2. The lowest BCUT2D eigenvalue weighted by atomic mass is 10.1. The molecule has 0 saturated carbocycles. The van der Waals surface area contributed by atoms with Gasteiger partial charge in [0.15, 0.2) is 0 Å². The van der Waals surface area contributed by atoms with Crippen LogP contribution in [0.1, 0.15) is 25.0 Å². The highest BCUT2D eigenvalue weighted by molar-refractivity contribution is 7.99. The van der Waals surface area contributed by atoms with E-state index in [1.807, 2.05) is 26.0 Å². The minimum absolute atomic E-state index is 0.478. The maximum atomic E-state index is 10.9. The van der Waals surface area contributed by atoms with Crippen LogP contribution in [0.2, 0.25) is 0 Å². The minimum Gasteiger partial charge on any atom is -0.480 e. The fourth-order valence-electron chi connectivity index (χ4n) is 1.42. The monoisotopic (exact) mass is 253 g/mol. The van der Waals surface area contributed by atoms with Crippen molar-refractivity contribution in [1.82, 2.24) is 0 Å². The third-order valence-corrected chi connectivity index (χ3v) is 4.33. The lowest BCUT2D eigenvalue weighted by Gasteiger charge is -2.28. The van der Waals surface area contributed by atoms with Crippen LogP contribution in [0.15, 0.2) is 24.3 Å². The van der Waals surface area contributed by atoms with Gasteiger partial charge >= 0.3 is 5.97 Å². The maximum Gasteiger partial charge on any atom is 0.321 e. The molecule has 0 saturated heterocycles. The number of benzene rings is 1. The Kier molecular flexibility index (Phi) is 4.60. The van der Waals surface area contributed by atoms with Crippen molar-refractivity contribution in [1.29, 1.82) is 0 Å². The summed E-state index contributed by atoms with van der Waals surface area (Å²) in [5, 5.41) is 8.93. The molecule has 17 heavy (non-hydrogen) atoms. The summed E-state index contributed by atoms with van der Waals surface area (Å²) in [5.41, 5.74) is 8.12. The molecule has 0 heterocycles. The molecule has 0 unspecified atom stereocenters. The Bertz CT molecular complexity index is 404. The van der Waals surface area contributed by atoms with E-state index in [1.165, 1.54) is 11.1 Å². The lowest BCUT2D eigenvalue weighted by Crippen LogP contribution is -2.46. The third-order valence-electron chi connectivity index (χ3n) is 2.88. The van der Waals surface area contributed by atoms with Gasteiger partial charge in [0.05, 0.1) is 0 Å². The summed E-state index contributed by atoms with van der Waals surface area (Å²) < 4.78 is -0.478. The first-order valence-corrected chi connectivity index (χ1v) is 6.50. The van der Waals surface area contributed by atoms with Crippen molar-refractivity contribution in [3.63, 3.8) is 0 Å². The molecule has 3 N–H and O–H groups in total. The number of nitrogens with two attached hydrogens (primary N) is 1. The van der Waals surface area contributed by atoms with Gasteiger partial charge in [0.2, 0.25) is 0 Å². The Morgan fingerprint density at radius 1 is 1.47 bits per heavy atom. The molecule has 0 bridgehead atoms. The largest absolute Gasteiger partial charge is 0.480 e. The second-order valence-corrected chi connectivity index (χ2v) is 6.26. The molecule has 1 rings (SSSR count). The van der Waals surface area contributed by atoms with Crippen LogP contribution in [0.4, 0.5) is 0 Å². The summed E-state index contributed by atoms with van der Waals surface area (Å²) in [7, 11) is 0.